The van der Waals surface area contributed by atoms with Crippen molar-refractivity contribution in [1.82, 2.24) is 20.1 Å². The summed E-state index contributed by atoms with van der Waals surface area (Å²) >= 11 is 1.30. The van der Waals surface area contributed by atoms with Gasteiger partial charge in [-0.1, -0.05) is 6.07 Å². The first-order valence-corrected chi connectivity index (χ1v) is 7.51. The summed E-state index contributed by atoms with van der Waals surface area (Å²) in [6.07, 6.45) is 2.48. The van der Waals surface area contributed by atoms with Gasteiger partial charge < -0.3 is 9.88 Å². The molecule has 106 valence electrons. The van der Waals surface area contributed by atoms with E-state index in [2.05, 4.69) is 15.5 Å². The van der Waals surface area contributed by atoms with Crippen LogP contribution in [0.3, 0.4) is 0 Å². The number of hydrogen-bond acceptors (Lipinski definition) is 4. The topological polar surface area (TPSA) is 42.7 Å². The minimum absolute atomic E-state index is 0.203. The van der Waals surface area contributed by atoms with Crippen molar-refractivity contribution in [2.24, 2.45) is 7.05 Å². The lowest BCUT2D eigenvalue weighted by atomic mass is 10.2. The Morgan fingerprint density at radius 3 is 2.80 bits per heavy atom. The fourth-order valence-corrected chi connectivity index (χ4v) is 2.70. The number of nitrogens with one attached hydrogen (secondary N) is 1. The summed E-state index contributed by atoms with van der Waals surface area (Å²) in [7, 11) is 1.88. The highest BCUT2D eigenvalue weighted by Crippen LogP contribution is 2.29. The summed E-state index contributed by atoms with van der Waals surface area (Å²) in [6.45, 7) is 2.61. The molecule has 0 bridgehead atoms. The van der Waals surface area contributed by atoms with Gasteiger partial charge in [-0.25, -0.2) is 4.39 Å². The van der Waals surface area contributed by atoms with Crippen LogP contribution in [-0.2, 0) is 13.6 Å². The summed E-state index contributed by atoms with van der Waals surface area (Å²) < 4.78 is 16.0. The van der Waals surface area contributed by atoms with Gasteiger partial charge in [0, 0.05) is 19.6 Å². The lowest BCUT2D eigenvalue weighted by Gasteiger charge is -2.07. The van der Waals surface area contributed by atoms with Crippen LogP contribution < -0.4 is 5.32 Å². The van der Waals surface area contributed by atoms with E-state index < -0.39 is 0 Å². The van der Waals surface area contributed by atoms with Crippen molar-refractivity contribution in [3.63, 3.8) is 0 Å². The van der Waals surface area contributed by atoms with Gasteiger partial charge in [0.15, 0.2) is 5.16 Å². The van der Waals surface area contributed by atoms with Gasteiger partial charge in [0.05, 0.1) is 4.90 Å². The molecule has 20 heavy (non-hydrogen) atoms. The van der Waals surface area contributed by atoms with Crippen LogP contribution in [0, 0.1) is 12.7 Å². The molecule has 1 heterocycles. The number of rotatable bonds is 5. The normalized spacial score (nSPS) is 14.8. The second-order valence-corrected chi connectivity index (χ2v) is 6.12. The van der Waals surface area contributed by atoms with E-state index in [-0.39, 0.29) is 5.82 Å². The van der Waals surface area contributed by atoms with E-state index in [4.69, 9.17) is 0 Å². The van der Waals surface area contributed by atoms with Crippen LogP contribution in [0.4, 0.5) is 4.39 Å². The van der Waals surface area contributed by atoms with Gasteiger partial charge in [-0.05, 0) is 49.2 Å². The standard InChI is InChI=1S/C14H17FN4S/c1-9-17-18-14(19(9)2)20-13-6-3-10(7-12(13)15)8-16-11-4-5-11/h3,6-7,11,16H,4-5,8H2,1-2H3. The zero-order chi connectivity index (χ0) is 14.1. The van der Waals surface area contributed by atoms with Gasteiger partial charge >= 0.3 is 0 Å². The maximum atomic E-state index is 14.1. The highest BCUT2D eigenvalue weighted by molar-refractivity contribution is 7.99. The molecule has 1 aliphatic rings. The lowest BCUT2D eigenvalue weighted by molar-refractivity contribution is 0.594. The first-order chi connectivity index (χ1) is 9.63. The van der Waals surface area contributed by atoms with Gasteiger partial charge in [-0.2, -0.15) is 0 Å². The Labute approximate surface area is 121 Å². The first kappa shape index (κ1) is 13.6. The fourth-order valence-electron chi connectivity index (χ4n) is 1.86. The third-order valence-corrected chi connectivity index (χ3v) is 4.51. The van der Waals surface area contributed by atoms with Crippen LogP contribution in [0.2, 0.25) is 0 Å². The smallest absolute Gasteiger partial charge is 0.195 e. The predicted octanol–water partition coefficient (Wildman–Crippen LogP) is 2.67. The number of hydrogen-bond donors (Lipinski definition) is 1. The molecule has 1 aromatic carbocycles. The predicted molar refractivity (Wildman–Crippen MR) is 76.1 cm³/mol. The van der Waals surface area contributed by atoms with Crippen LogP contribution in [0.1, 0.15) is 24.2 Å². The van der Waals surface area contributed by atoms with Crippen molar-refractivity contribution >= 4 is 11.8 Å². The zero-order valence-electron chi connectivity index (χ0n) is 11.6. The van der Waals surface area contributed by atoms with E-state index in [1.807, 2.05) is 30.7 Å². The molecule has 1 aromatic heterocycles. The molecule has 0 aliphatic heterocycles. The van der Waals surface area contributed by atoms with Crippen LogP contribution in [0.5, 0.6) is 0 Å². The number of benzene rings is 1. The molecule has 4 nitrogen and oxygen atoms in total. The Bertz CT molecular complexity index is 622. The van der Waals surface area contributed by atoms with Crippen molar-refractivity contribution in [2.75, 3.05) is 0 Å². The fraction of sp³-hybridized carbons (Fsp3) is 0.429. The quantitative estimate of drug-likeness (QED) is 0.920. The van der Waals surface area contributed by atoms with Crippen LogP contribution in [0.25, 0.3) is 0 Å². The maximum absolute atomic E-state index is 14.1. The van der Waals surface area contributed by atoms with Crippen molar-refractivity contribution in [3.05, 3.63) is 35.4 Å². The van der Waals surface area contributed by atoms with E-state index in [1.54, 1.807) is 6.07 Å². The Morgan fingerprint density at radius 2 is 2.20 bits per heavy atom. The minimum Gasteiger partial charge on any atom is -0.310 e. The van der Waals surface area contributed by atoms with E-state index in [1.165, 1.54) is 24.6 Å². The molecule has 0 unspecified atom stereocenters. The highest BCUT2D eigenvalue weighted by Gasteiger charge is 2.20. The average molecular weight is 292 g/mol. The van der Waals surface area contributed by atoms with Gasteiger partial charge in [-0.3, -0.25) is 0 Å². The van der Waals surface area contributed by atoms with Gasteiger partial charge in [0.2, 0.25) is 0 Å². The summed E-state index contributed by atoms with van der Waals surface area (Å²) in [5.74, 6) is 0.615. The minimum atomic E-state index is -0.203. The second kappa shape index (κ2) is 5.54. The Hall–Kier alpha value is -1.40. The Morgan fingerprint density at radius 1 is 1.40 bits per heavy atom. The molecule has 1 saturated carbocycles. The van der Waals surface area contributed by atoms with Crippen LogP contribution in [0.15, 0.2) is 28.3 Å². The summed E-state index contributed by atoms with van der Waals surface area (Å²) in [5.41, 5.74) is 0.980. The van der Waals surface area contributed by atoms with Crippen LogP contribution in [-0.4, -0.2) is 20.8 Å². The molecule has 0 saturated heterocycles. The van der Waals surface area contributed by atoms with E-state index in [9.17, 15) is 4.39 Å². The average Bonchev–Trinajstić information content (AvgIpc) is 3.21. The second-order valence-electron chi connectivity index (χ2n) is 5.11. The van der Waals surface area contributed by atoms with Gasteiger partial charge in [0.25, 0.3) is 0 Å². The molecule has 0 spiro atoms. The molecular weight excluding hydrogens is 275 g/mol. The van der Waals surface area contributed by atoms with E-state index in [0.717, 1.165) is 17.9 Å². The summed E-state index contributed by atoms with van der Waals surface area (Å²) in [4.78, 5) is 0.579. The molecule has 1 fully saturated rings. The molecular formula is C14H17FN4S. The molecule has 0 atom stereocenters. The summed E-state index contributed by atoms with van der Waals surface area (Å²) in [5, 5.41) is 12.1. The zero-order valence-corrected chi connectivity index (χ0v) is 12.4. The Balaban J connectivity index is 1.71. The molecule has 6 heteroatoms. The van der Waals surface area contributed by atoms with Gasteiger partial charge in [-0.15, -0.1) is 10.2 Å². The molecule has 1 N–H and O–H groups in total. The molecule has 1 aliphatic carbocycles. The third kappa shape index (κ3) is 3.02. The van der Waals surface area contributed by atoms with E-state index >= 15 is 0 Å². The van der Waals surface area contributed by atoms with E-state index in [0.29, 0.717) is 16.1 Å². The van der Waals surface area contributed by atoms with Crippen LogP contribution >= 0.6 is 11.8 Å². The van der Waals surface area contributed by atoms with Gasteiger partial charge in [0.1, 0.15) is 11.6 Å². The molecule has 0 radical (unpaired) electrons. The number of aromatic nitrogens is 3. The third-order valence-electron chi connectivity index (χ3n) is 3.42. The molecule has 0 amide bonds. The summed E-state index contributed by atoms with van der Waals surface area (Å²) in [6, 6.07) is 6.01. The number of halogens is 1. The number of nitrogens with zero attached hydrogens (tertiary/aromatic N) is 3. The SMILES string of the molecule is Cc1nnc(Sc2ccc(CNC3CC3)cc2F)n1C. The van der Waals surface area contributed by atoms with Crippen molar-refractivity contribution < 1.29 is 4.39 Å². The van der Waals surface area contributed by atoms with Crippen molar-refractivity contribution in [3.8, 4) is 0 Å². The lowest BCUT2D eigenvalue weighted by Crippen LogP contribution is -2.15. The number of aryl methyl sites for hydroxylation is 1. The maximum Gasteiger partial charge on any atom is 0.195 e. The molecule has 3 rings (SSSR count). The van der Waals surface area contributed by atoms with Crippen molar-refractivity contribution in [2.45, 2.75) is 42.4 Å². The largest absolute Gasteiger partial charge is 0.310 e. The van der Waals surface area contributed by atoms with Crippen molar-refractivity contribution in [1.29, 1.82) is 0 Å². The Kier molecular flexibility index (Phi) is 3.76. The highest BCUT2D eigenvalue weighted by atomic mass is 32.2. The first-order valence-electron chi connectivity index (χ1n) is 6.69. The molecule has 2 aromatic rings. The monoisotopic (exact) mass is 292 g/mol.